The minimum atomic E-state index is -0.390. The van der Waals surface area contributed by atoms with E-state index in [4.69, 9.17) is 14.0 Å². The lowest BCUT2D eigenvalue weighted by molar-refractivity contribution is 0.00578. The highest BCUT2D eigenvalue weighted by Gasteiger charge is 2.51. The number of ether oxygens (including phenoxy) is 1. The summed E-state index contributed by atoms with van der Waals surface area (Å²) >= 11 is 0. The molecule has 0 saturated carbocycles. The van der Waals surface area contributed by atoms with Gasteiger partial charge >= 0.3 is 7.12 Å². The van der Waals surface area contributed by atoms with E-state index in [0.29, 0.717) is 5.88 Å². The molecule has 0 atom stereocenters. The van der Waals surface area contributed by atoms with Crippen molar-refractivity contribution in [2.45, 2.75) is 72.2 Å². The molecule has 1 aliphatic rings. The first kappa shape index (κ1) is 16.3. The molecule has 4 nitrogen and oxygen atoms in total. The topological polar surface area (TPSA) is 40.6 Å². The highest BCUT2D eigenvalue weighted by molar-refractivity contribution is 6.62. The van der Waals surface area contributed by atoms with Crippen molar-refractivity contribution in [3.63, 3.8) is 0 Å². The van der Waals surface area contributed by atoms with E-state index in [9.17, 15) is 0 Å². The summed E-state index contributed by atoms with van der Waals surface area (Å²) in [5, 5.41) is 0. The van der Waals surface area contributed by atoms with Crippen molar-refractivity contribution in [2.24, 2.45) is 0 Å². The summed E-state index contributed by atoms with van der Waals surface area (Å²) in [6, 6.07) is 3.89. The number of pyridine rings is 1. The Morgan fingerprint density at radius 1 is 1.05 bits per heavy atom. The third-order valence-corrected chi connectivity index (χ3v) is 3.89. The molecule has 2 rings (SSSR count). The van der Waals surface area contributed by atoms with E-state index >= 15 is 0 Å². The summed E-state index contributed by atoms with van der Waals surface area (Å²) in [5.74, 6) is 0.604. The van der Waals surface area contributed by atoms with Gasteiger partial charge in [-0.1, -0.05) is 0 Å². The summed E-state index contributed by atoms with van der Waals surface area (Å²) in [6.07, 6.45) is 0. The van der Waals surface area contributed by atoms with Crippen LogP contribution in [0, 0.1) is 6.92 Å². The third kappa shape index (κ3) is 3.58. The van der Waals surface area contributed by atoms with Crippen LogP contribution in [0.25, 0.3) is 0 Å². The highest BCUT2D eigenvalue weighted by Crippen LogP contribution is 2.36. The van der Waals surface area contributed by atoms with Gasteiger partial charge in [-0.15, -0.1) is 0 Å². The molecule has 116 valence electrons. The van der Waals surface area contributed by atoms with Crippen molar-refractivity contribution < 1.29 is 14.0 Å². The second-order valence-corrected chi connectivity index (χ2v) is 7.68. The fraction of sp³-hybridized carbons (Fsp3) is 0.688. The van der Waals surface area contributed by atoms with E-state index in [-0.39, 0.29) is 23.9 Å². The monoisotopic (exact) mass is 291 g/mol. The Morgan fingerprint density at radius 3 is 2.05 bits per heavy atom. The van der Waals surface area contributed by atoms with Gasteiger partial charge in [-0.05, 0) is 66.9 Å². The molecule has 21 heavy (non-hydrogen) atoms. The second-order valence-electron chi connectivity index (χ2n) is 7.68. The highest BCUT2D eigenvalue weighted by atomic mass is 16.7. The zero-order valence-electron chi connectivity index (χ0n) is 14.4. The van der Waals surface area contributed by atoms with E-state index in [1.54, 1.807) is 0 Å². The summed E-state index contributed by atoms with van der Waals surface area (Å²) in [5.41, 5.74) is 0.857. The van der Waals surface area contributed by atoms with Gasteiger partial charge in [0.15, 0.2) is 0 Å². The Bertz CT molecular complexity index is 519. The molecule has 5 heteroatoms. The van der Waals surface area contributed by atoms with Gasteiger partial charge in [-0.25, -0.2) is 4.98 Å². The largest absolute Gasteiger partial charge is 0.495 e. The van der Waals surface area contributed by atoms with E-state index in [1.807, 2.05) is 67.5 Å². The smallest absolute Gasteiger partial charge is 0.472 e. The zero-order chi connectivity index (χ0) is 16.1. The Hall–Kier alpha value is -1.07. The van der Waals surface area contributed by atoms with Crippen LogP contribution in [0.2, 0.25) is 0 Å². The van der Waals surface area contributed by atoms with Crippen LogP contribution in [-0.2, 0) is 9.31 Å². The van der Waals surface area contributed by atoms with Crippen molar-refractivity contribution in [3.8, 4) is 5.88 Å². The molecule has 1 fully saturated rings. The maximum absolute atomic E-state index is 6.08. The van der Waals surface area contributed by atoms with Crippen molar-refractivity contribution in [1.82, 2.24) is 4.98 Å². The Morgan fingerprint density at radius 2 is 1.57 bits per heavy atom. The van der Waals surface area contributed by atoms with Gasteiger partial charge in [0.1, 0.15) is 5.60 Å². The number of rotatable bonds is 2. The van der Waals surface area contributed by atoms with E-state index in [0.717, 1.165) is 11.2 Å². The predicted octanol–water partition coefficient (Wildman–Crippen LogP) is 2.87. The van der Waals surface area contributed by atoms with Gasteiger partial charge in [0.25, 0.3) is 0 Å². The summed E-state index contributed by atoms with van der Waals surface area (Å²) in [4.78, 5) is 4.43. The molecular weight excluding hydrogens is 265 g/mol. The molecule has 0 radical (unpaired) electrons. The fourth-order valence-electron chi connectivity index (χ4n) is 2.15. The number of aryl methyl sites for hydroxylation is 1. The second kappa shape index (κ2) is 4.99. The number of aromatic nitrogens is 1. The molecule has 1 saturated heterocycles. The summed E-state index contributed by atoms with van der Waals surface area (Å²) < 4.78 is 18.0. The van der Waals surface area contributed by atoms with Gasteiger partial charge in [0.2, 0.25) is 5.88 Å². The predicted molar refractivity (Wildman–Crippen MR) is 85.1 cm³/mol. The van der Waals surface area contributed by atoms with Crippen molar-refractivity contribution in [3.05, 3.63) is 17.8 Å². The van der Waals surface area contributed by atoms with Crippen LogP contribution in [-0.4, -0.2) is 28.9 Å². The standard InChI is InChI=1S/C16H26BNO3/c1-11-9-12(10-13(18-11)19-14(2,3)4)17-20-15(5,6)16(7,8)21-17/h9-10H,1-8H3. The van der Waals surface area contributed by atoms with Gasteiger partial charge in [0, 0.05) is 11.8 Å². The average Bonchev–Trinajstić information content (AvgIpc) is 2.44. The molecule has 0 aliphatic carbocycles. The maximum Gasteiger partial charge on any atom is 0.495 e. The lowest BCUT2D eigenvalue weighted by Crippen LogP contribution is -2.41. The molecule has 0 amide bonds. The SMILES string of the molecule is Cc1cc(B2OC(C)(C)C(C)(C)O2)cc(OC(C)(C)C)n1. The van der Waals surface area contributed by atoms with E-state index in [1.165, 1.54) is 0 Å². The molecule has 0 spiro atoms. The van der Waals surface area contributed by atoms with Crippen LogP contribution in [0.4, 0.5) is 0 Å². The number of hydrogen-bond donors (Lipinski definition) is 0. The molecule has 1 aromatic heterocycles. The minimum absolute atomic E-state index is 0.284. The third-order valence-electron chi connectivity index (χ3n) is 3.89. The summed E-state index contributed by atoms with van der Waals surface area (Å²) in [6.45, 7) is 16.2. The normalized spacial score (nSPS) is 20.7. The van der Waals surface area contributed by atoms with Crippen LogP contribution in [0.1, 0.15) is 54.2 Å². The lowest BCUT2D eigenvalue weighted by Gasteiger charge is -2.32. The Labute approximate surface area is 128 Å². The van der Waals surface area contributed by atoms with Crippen LogP contribution in [0.3, 0.4) is 0 Å². The van der Waals surface area contributed by atoms with E-state index < -0.39 is 0 Å². The van der Waals surface area contributed by atoms with Gasteiger partial charge in [-0.2, -0.15) is 0 Å². The molecule has 1 aliphatic heterocycles. The van der Waals surface area contributed by atoms with Crippen molar-refractivity contribution in [1.29, 1.82) is 0 Å². The zero-order valence-corrected chi connectivity index (χ0v) is 14.4. The van der Waals surface area contributed by atoms with Crippen LogP contribution in [0.5, 0.6) is 5.88 Å². The molecule has 2 heterocycles. The summed E-state index contributed by atoms with van der Waals surface area (Å²) in [7, 11) is -0.390. The molecule has 0 aromatic carbocycles. The molecule has 1 aromatic rings. The van der Waals surface area contributed by atoms with Crippen LogP contribution >= 0.6 is 0 Å². The van der Waals surface area contributed by atoms with Gasteiger partial charge in [0.05, 0.1) is 11.2 Å². The molecular formula is C16H26BNO3. The average molecular weight is 291 g/mol. The maximum atomic E-state index is 6.08. The Kier molecular flexibility index (Phi) is 3.88. The minimum Gasteiger partial charge on any atom is -0.472 e. The first-order valence-corrected chi connectivity index (χ1v) is 7.43. The van der Waals surface area contributed by atoms with E-state index in [2.05, 4.69) is 4.98 Å². The fourth-order valence-corrected chi connectivity index (χ4v) is 2.15. The first-order chi connectivity index (χ1) is 9.40. The van der Waals surface area contributed by atoms with Crippen molar-refractivity contribution >= 4 is 12.6 Å². The number of nitrogens with zero attached hydrogens (tertiary/aromatic N) is 1. The molecule has 0 N–H and O–H groups in total. The Balaban J connectivity index is 2.30. The van der Waals surface area contributed by atoms with Crippen molar-refractivity contribution in [2.75, 3.05) is 0 Å². The van der Waals surface area contributed by atoms with Gasteiger partial charge < -0.3 is 14.0 Å². The van der Waals surface area contributed by atoms with Crippen LogP contribution in [0.15, 0.2) is 12.1 Å². The molecule has 0 bridgehead atoms. The van der Waals surface area contributed by atoms with Crippen LogP contribution < -0.4 is 10.2 Å². The quantitative estimate of drug-likeness (QED) is 0.786. The number of hydrogen-bond acceptors (Lipinski definition) is 4. The lowest BCUT2D eigenvalue weighted by atomic mass is 9.79. The molecule has 0 unspecified atom stereocenters. The van der Waals surface area contributed by atoms with Gasteiger partial charge in [-0.3, -0.25) is 0 Å². The first-order valence-electron chi connectivity index (χ1n) is 7.43.